The zero-order valence-electron chi connectivity index (χ0n) is 10.3. The number of pyridine rings is 1. The normalized spacial score (nSPS) is 16.3. The molecule has 0 amide bonds. The Morgan fingerprint density at radius 3 is 2.89 bits per heavy atom. The Kier molecular flexibility index (Phi) is 3.85. The highest BCUT2D eigenvalue weighted by molar-refractivity contribution is 9.10. The number of aromatic nitrogens is 1. The third-order valence-corrected chi connectivity index (χ3v) is 3.83. The van der Waals surface area contributed by atoms with Gasteiger partial charge < -0.3 is 5.32 Å². The van der Waals surface area contributed by atoms with Crippen LogP contribution in [0.3, 0.4) is 0 Å². The van der Waals surface area contributed by atoms with Crippen molar-refractivity contribution in [2.75, 3.05) is 11.9 Å². The number of hydrogen-bond acceptors (Lipinski definition) is 4. The maximum Gasteiger partial charge on any atom is 0.312 e. The lowest BCUT2D eigenvalue weighted by Crippen LogP contribution is -2.16. The molecular weight excluding hydrogens is 298 g/mol. The van der Waals surface area contributed by atoms with Crippen molar-refractivity contribution in [3.05, 3.63) is 26.9 Å². The predicted molar refractivity (Wildman–Crippen MR) is 73.7 cm³/mol. The molecule has 0 spiro atoms. The summed E-state index contributed by atoms with van der Waals surface area (Å²) < 4.78 is 0.620. The second-order valence-corrected chi connectivity index (χ2v) is 5.80. The van der Waals surface area contributed by atoms with Gasteiger partial charge in [0.15, 0.2) is 0 Å². The van der Waals surface area contributed by atoms with Crippen molar-refractivity contribution in [2.24, 2.45) is 5.41 Å². The lowest BCUT2D eigenvalue weighted by molar-refractivity contribution is -0.384. The third-order valence-electron chi connectivity index (χ3n) is 3.40. The molecule has 5 nitrogen and oxygen atoms in total. The molecule has 1 aliphatic rings. The Labute approximate surface area is 114 Å². The average Bonchev–Trinajstić information content (AvgIpc) is 3.08. The molecule has 0 aliphatic heterocycles. The molecule has 1 aromatic heterocycles. The summed E-state index contributed by atoms with van der Waals surface area (Å²) in [6, 6.07) is 1.48. The molecule has 0 atom stereocenters. The summed E-state index contributed by atoms with van der Waals surface area (Å²) in [5.74, 6) is 0.366. The van der Waals surface area contributed by atoms with Crippen LogP contribution >= 0.6 is 15.9 Å². The van der Waals surface area contributed by atoms with Gasteiger partial charge >= 0.3 is 5.69 Å². The molecule has 0 bridgehead atoms. The van der Waals surface area contributed by atoms with E-state index in [2.05, 4.69) is 33.2 Å². The average molecular weight is 314 g/mol. The van der Waals surface area contributed by atoms with Crippen molar-refractivity contribution in [1.29, 1.82) is 0 Å². The molecule has 0 unspecified atom stereocenters. The van der Waals surface area contributed by atoms with E-state index in [9.17, 15) is 10.1 Å². The minimum Gasteiger partial charge on any atom is -0.364 e. The first-order valence-electron chi connectivity index (χ1n) is 6.10. The summed E-state index contributed by atoms with van der Waals surface area (Å²) in [5.41, 5.74) is 0.369. The van der Waals surface area contributed by atoms with Gasteiger partial charge in [-0.15, -0.1) is 0 Å². The molecule has 1 heterocycles. The van der Waals surface area contributed by atoms with E-state index in [-0.39, 0.29) is 5.69 Å². The highest BCUT2D eigenvalue weighted by atomic mass is 79.9. The fraction of sp³-hybridized carbons (Fsp3) is 0.583. The van der Waals surface area contributed by atoms with E-state index in [4.69, 9.17) is 0 Å². The number of hydrogen-bond donors (Lipinski definition) is 1. The zero-order chi connectivity index (χ0) is 13.2. The van der Waals surface area contributed by atoms with E-state index in [0.717, 1.165) is 13.0 Å². The number of nitrogens with one attached hydrogen (secondary N) is 1. The monoisotopic (exact) mass is 313 g/mol. The number of rotatable bonds is 6. The van der Waals surface area contributed by atoms with Crippen LogP contribution in [-0.2, 0) is 0 Å². The Morgan fingerprint density at radius 2 is 2.33 bits per heavy atom. The Bertz CT molecular complexity index is 461. The van der Waals surface area contributed by atoms with Gasteiger partial charge in [0, 0.05) is 23.3 Å². The smallest absolute Gasteiger partial charge is 0.312 e. The Balaban J connectivity index is 2.07. The van der Waals surface area contributed by atoms with Crippen molar-refractivity contribution in [2.45, 2.75) is 32.6 Å². The molecule has 1 aromatic rings. The van der Waals surface area contributed by atoms with Gasteiger partial charge in [-0.1, -0.05) is 13.3 Å². The van der Waals surface area contributed by atoms with E-state index in [1.54, 1.807) is 6.20 Å². The van der Waals surface area contributed by atoms with Crippen molar-refractivity contribution in [3.63, 3.8) is 0 Å². The maximum atomic E-state index is 10.9. The van der Waals surface area contributed by atoms with Gasteiger partial charge in [0.2, 0.25) is 5.82 Å². The standard InChI is InChI=1S/C12H16BrN3O2/c1-2-3-12(4-5-12)8-15-11-10(16(17)18)6-9(13)7-14-11/h6-7H,2-5,8H2,1H3,(H,14,15). The van der Waals surface area contributed by atoms with Crippen LogP contribution in [0.1, 0.15) is 32.6 Å². The van der Waals surface area contributed by atoms with E-state index in [1.165, 1.54) is 25.3 Å². The second kappa shape index (κ2) is 5.22. The van der Waals surface area contributed by atoms with Gasteiger partial charge in [-0.25, -0.2) is 4.98 Å². The first kappa shape index (κ1) is 13.3. The molecule has 2 rings (SSSR count). The molecular formula is C12H16BrN3O2. The number of halogens is 1. The summed E-state index contributed by atoms with van der Waals surface area (Å²) in [6.07, 6.45) is 6.31. The summed E-state index contributed by atoms with van der Waals surface area (Å²) in [5, 5.41) is 14.1. The summed E-state index contributed by atoms with van der Waals surface area (Å²) >= 11 is 3.20. The predicted octanol–water partition coefficient (Wildman–Crippen LogP) is 3.74. The number of anilines is 1. The van der Waals surface area contributed by atoms with E-state index in [0.29, 0.717) is 15.7 Å². The Hall–Kier alpha value is -1.17. The van der Waals surface area contributed by atoms with Crippen molar-refractivity contribution in [3.8, 4) is 0 Å². The summed E-state index contributed by atoms with van der Waals surface area (Å²) in [6.45, 7) is 2.94. The molecule has 6 heteroatoms. The topological polar surface area (TPSA) is 68.1 Å². The van der Waals surface area contributed by atoms with Crippen LogP contribution in [0.15, 0.2) is 16.7 Å². The quantitative estimate of drug-likeness (QED) is 0.641. The molecule has 1 aliphatic carbocycles. The molecule has 0 radical (unpaired) electrons. The lowest BCUT2D eigenvalue weighted by atomic mass is 10.0. The van der Waals surface area contributed by atoms with Gasteiger partial charge in [0.1, 0.15) is 0 Å². The molecule has 1 N–H and O–H groups in total. The summed E-state index contributed by atoms with van der Waals surface area (Å²) in [4.78, 5) is 14.6. The first-order valence-corrected chi connectivity index (χ1v) is 6.89. The van der Waals surface area contributed by atoms with Crippen LogP contribution in [0.25, 0.3) is 0 Å². The highest BCUT2D eigenvalue weighted by Crippen LogP contribution is 2.49. The summed E-state index contributed by atoms with van der Waals surface area (Å²) in [7, 11) is 0. The van der Waals surface area contributed by atoms with Gasteiger partial charge in [0.25, 0.3) is 0 Å². The van der Waals surface area contributed by atoms with E-state index < -0.39 is 4.92 Å². The molecule has 1 saturated carbocycles. The van der Waals surface area contributed by atoms with Crippen LogP contribution in [0.5, 0.6) is 0 Å². The lowest BCUT2D eigenvalue weighted by Gasteiger charge is -2.15. The fourth-order valence-corrected chi connectivity index (χ4v) is 2.52. The molecule has 98 valence electrons. The van der Waals surface area contributed by atoms with E-state index >= 15 is 0 Å². The minimum atomic E-state index is -0.403. The van der Waals surface area contributed by atoms with Crippen LogP contribution in [0, 0.1) is 15.5 Å². The van der Waals surface area contributed by atoms with Crippen LogP contribution < -0.4 is 5.32 Å². The van der Waals surface area contributed by atoms with E-state index in [1.807, 2.05) is 0 Å². The molecule has 1 fully saturated rings. The SMILES string of the molecule is CCCC1(CNc2ncc(Br)cc2[N+](=O)[O-])CC1. The van der Waals surface area contributed by atoms with Gasteiger partial charge in [-0.05, 0) is 40.6 Å². The van der Waals surface area contributed by atoms with Crippen LogP contribution in [-0.4, -0.2) is 16.5 Å². The van der Waals surface area contributed by atoms with Crippen LogP contribution in [0.4, 0.5) is 11.5 Å². The fourth-order valence-electron chi connectivity index (χ4n) is 2.20. The second-order valence-electron chi connectivity index (χ2n) is 4.88. The molecule has 0 saturated heterocycles. The van der Waals surface area contributed by atoms with Crippen molar-refractivity contribution >= 4 is 27.4 Å². The first-order chi connectivity index (χ1) is 8.56. The van der Waals surface area contributed by atoms with Crippen molar-refractivity contribution in [1.82, 2.24) is 4.98 Å². The Morgan fingerprint density at radius 1 is 1.61 bits per heavy atom. The molecule has 0 aromatic carbocycles. The zero-order valence-corrected chi connectivity index (χ0v) is 11.9. The molecule has 18 heavy (non-hydrogen) atoms. The maximum absolute atomic E-state index is 10.9. The number of nitro groups is 1. The van der Waals surface area contributed by atoms with Gasteiger partial charge in [-0.3, -0.25) is 10.1 Å². The van der Waals surface area contributed by atoms with Crippen molar-refractivity contribution < 1.29 is 4.92 Å². The third kappa shape index (κ3) is 2.98. The van der Waals surface area contributed by atoms with Gasteiger partial charge in [-0.2, -0.15) is 0 Å². The van der Waals surface area contributed by atoms with Gasteiger partial charge in [0.05, 0.1) is 4.92 Å². The minimum absolute atomic E-state index is 0.0247. The largest absolute Gasteiger partial charge is 0.364 e. The highest BCUT2D eigenvalue weighted by Gasteiger charge is 2.41. The number of nitrogens with zero attached hydrogens (tertiary/aromatic N) is 2. The van der Waals surface area contributed by atoms with Crippen LogP contribution in [0.2, 0.25) is 0 Å².